The van der Waals surface area contributed by atoms with Crippen LogP contribution in [-0.4, -0.2) is 5.11 Å². The average Bonchev–Trinajstić information content (AvgIpc) is 2.61. The maximum atomic E-state index is 10.2. The van der Waals surface area contributed by atoms with E-state index in [0.717, 1.165) is 24.8 Å². The van der Waals surface area contributed by atoms with Gasteiger partial charge >= 0.3 is 0 Å². The van der Waals surface area contributed by atoms with E-state index in [-0.39, 0.29) is 0 Å². The van der Waals surface area contributed by atoms with Gasteiger partial charge in [-0.2, -0.15) is 0 Å². The molecule has 0 heterocycles. The molecular weight excluding hydrogens is 172 g/mol. The first-order valence-electron chi connectivity index (χ1n) is 5.57. The lowest BCUT2D eigenvalue weighted by Crippen LogP contribution is -2.20. The monoisotopic (exact) mass is 192 g/mol. The first-order valence-corrected chi connectivity index (χ1v) is 5.57. The molecule has 1 aliphatic carbocycles. The van der Waals surface area contributed by atoms with E-state index in [9.17, 15) is 5.11 Å². The van der Waals surface area contributed by atoms with Crippen molar-refractivity contribution in [2.45, 2.75) is 45.6 Å². The van der Waals surface area contributed by atoms with Crippen molar-refractivity contribution in [3.8, 4) is 0 Å². The summed E-state index contributed by atoms with van der Waals surface area (Å²) in [6, 6.07) is 8.21. The molecule has 1 N–H and O–H groups in total. The lowest BCUT2D eigenvalue weighted by molar-refractivity contribution is 0.0346. The standard InChI is InChI=1S/C11H14O.C2H6/c1-2-11(12)8-7-9-5-3-4-6-10(9)11;1-2/h3-6,12H,2,7-8H2,1H3;1-2H3. The highest BCUT2D eigenvalue weighted by Crippen LogP contribution is 2.38. The summed E-state index contributed by atoms with van der Waals surface area (Å²) in [6.45, 7) is 6.04. The van der Waals surface area contributed by atoms with E-state index in [1.54, 1.807) is 0 Å². The van der Waals surface area contributed by atoms with E-state index in [1.807, 2.05) is 39.0 Å². The van der Waals surface area contributed by atoms with Gasteiger partial charge in [-0.3, -0.25) is 0 Å². The molecule has 1 atom stereocenters. The molecule has 1 aromatic carbocycles. The van der Waals surface area contributed by atoms with Crippen LogP contribution in [0.2, 0.25) is 0 Å². The normalized spacial score (nSPS) is 23.7. The minimum atomic E-state index is -0.531. The Morgan fingerprint density at radius 3 is 2.57 bits per heavy atom. The number of rotatable bonds is 1. The third kappa shape index (κ3) is 1.83. The van der Waals surface area contributed by atoms with Crippen LogP contribution in [0, 0.1) is 0 Å². The predicted octanol–water partition coefficient (Wildman–Crippen LogP) is 3.26. The highest BCUT2D eigenvalue weighted by Gasteiger charge is 2.34. The Kier molecular flexibility index (Phi) is 3.70. The number of fused-ring (bicyclic) bond motifs is 1. The van der Waals surface area contributed by atoms with Crippen molar-refractivity contribution in [3.63, 3.8) is 0 Å². The Labute approximate surface area is 86.8 Å². The Morgan fingerprint density at radius 2 is 1.93 bits per heavy atom. The second-order valence-electron chi connectivity index (χ2n) is 3.54. The van der Waals surface area contributed by atoms with Crippen LogP contribution < -0.4 is 0 Å². The van der Waals surface area contributed by atoms with Gasteiger partial charge in [0.1, 0.15) is 0 Å². The van der Waals surface area contributed by atoms with E-state index in [1.165, 1.54) is 5.56 Å². The first kappa shape index (κ1) is 11.3. The molecule has 0 spiro atoms. The van der Waals surface area contributed by atoms with Crippen molar-refractivity contribution in [2.24, 2.45) is 0 Å². The maximum absolute atomic E-state index is 10.2. The number of aryl methyl sites for hydroxylation is 1. The molecule has 0 amide bonds. The molecule has 1 aromatic rings. The van der Waals surface area contributed by atoms with Crippen LogP contribution >= 0.6 is 0 Å². The Bertz CT molecular complexity index is 293. The molecule has 1 unspecified atom stereocenters. The number of aliphatic hydroxyl groups is 1. The highest BCUT2D eigenvalue weighted by molar-refractivity contribution is 5.36. The fourth-order valence-corrected chi connectivity index (χ4v) is 2.04. The summed E-state index contributed by atoms with van der Waals surface area (Å²) in [4.78, 5) is 0. The van der Waals surface area contributed by atoms with Crippen LogP contribution in [0.25, 0.3) is 0 Å². The molecule has 0 saturated heterocycles. The second kappa shape index (κ2) is 4.61. The van der Waals surface area contributed by atoms with Gasteiger partial charge in [-0.1, -0.05) is 45.0 Å². The van der Waals surface area contributed by atoms with Gasteiger partial charge in [0.25, 0.3) is 0 Å². The summed E-state index contributed by atoms with van der Waals surface area (Å²) in [5.41, 5.74) is 1.94. The van der Waals surface area contributed by atoms with E-state index in [0.29, 0.717) is 0 Å². The quantitative estimate of drug-likeness (QED) is 0.724. The SMILES string of the molecule is CC.CCC1(O)CCc2ccccc21. The topological polar surface area (TPSA) is 20.2 Å². The Hall–Kier alpha value is -0.820. The molecule has 1 aliphatic rings. The zero-order valence-corrected chi connectivity index (χ0v) is 9.38. The van der Waals surface area contributed by atoms with Crippen LogP contribution in [0.1, 0.15) is 44.7 Å². The summed E-state index contributed by atoms with van der Waals surface area (Å²) in [5.74, 6) is 0. The zero-order chi connectivity index (χ0) is 10.6. The summed E-state index contributed by atoms with van der Waals surface area (Å²) < 4.78 is 0. The van der Waals surface area contributed by atoms with Crippen molar-refractivity contribution in [3.05, 3.63) is 35.4 Å². The van der Waals surface area contributed by atoms with Gasteiger partial charge in [-0.05, 0) is 30.4 Å². The van der Waals surface area contributed by atoms with Crippen molar-refractivity contribution in [1.82, 2.24) is 0 Å². The molecule has 0 saturated carbocycles. The summed E-state index contributed by atoms with van der Waals surface area (Å²) in [6.07, 6.45) is 2.74. The minimum absolute atomic E-state index is 0.531. The second-order valence-corrected chi connectivity index (χ2v) is 3.54. The molecule has 0 radical (unpaired) electrons. The van der Waals surface area contributed by atoms with E-state index >= 15 is 0 Å². The summed E-state index contributed by atoms with van der Waals surface area (Å²) in [5, 5.41) is 10.2. The largest absolute Gasteiger partial charge is 0.385 e. The summed E-state index contributed by atoms with van der Waals surface area (Å²) in [7, 11) is 0. The molecule has 1 nitrogen and oxygen atoms in total. The predicted molar refractivity (Wildman–Crippen MR) is 60.3 cm³/mol. The molecule has 0 bridgehead atoms. The Morgan fingerprint density at radius 1 is 1.29 bits per heavy atom. The highest BCUT2D eigenvalue weighted by atomic mass is 16.3. The minimum Gasteiger partial charge on any atom is -0.385 e. The van der Waals surface area contributed by atoms with Crippen molar-refractivity contribution in [1.29, 1.82) is 0 Å². The molecule has 2 rings (SSSR count). The van der Waals surface area contributed by atoms with Gasteiger partial charge in [0, 0.05) is 0 Å². The zero-order valence-electron chi connectivity index (χ0n) is 9.38. The fraction of sp³-hybridized carbons (Fsp3) is 0.538. The molecule has 1 heteroatoms. The molecular formula is C13H20O. The molecule has 78 valence electrons. The lowest BCUT2D eigenvalue weighted by Gasteiger charge is -2.21. The lowest BCUT2D eigenvalue weighted by atomic mass is 9.93. The van der Waals surface area contributed by atoms with Gasteiger partial charge in [-0.25, -0.2) is 0 Å². The number of benzene rings is 1. The van der Waals surface area contributed by atoms with Crippen LogP contribution in [0.3, 0.4) is 0 Å². The van der Waals surface area contributed by atoms with Crippen LogP contribution in [0.5, 0.6) is 0 Å². The van der Waals surface area contributed by atoms with Gasteiger partial charge in [-0.15, -0.1) is 0 Å². The van der Waals surface area contributed by atoms with E-state index in [2.05, 4.69) is 6.07 Å². The van der Waals surface area contributed by atoms with E-state index < -0.39 is 5.60 Å². The van der Waals surface area contributed by atoms with Gasteiger partial charge in [0.05, 0.1) is 5.60 Å². The van der Waals surface area contributed by atoms with Gasteiger partial charge in [0.2, 0.25) is 0 Å². The molecule has 0 fully saturated rings. The van der Waals surface area contributed by atoms with Gasteiger partial charge in [0.15, 0.2) is 0 Å². The van der Waals surface area contributed by atoms with Crippen molar-refractivity contribution >= 4 is 0 Å². The van der Waals surface area contributed by atoms with Gasteiger partial charge < -0.3 is 5.11 Å². The maximum Gasteiger partial charge on any atom is 0.0899 e. The fourth-order valence-electron chi connectivity index (χ4n) is 2.04. The molecule has 0 aliphatic heterocycles. The molecule has 14 heavy (non-hydrogen) atoms. The smallest absolute Gasteiger partial charge is 0.0899 e. The van der Waals surface area contributed by atoms with Crippen LogP contribution in [-0.2, 0) is 12.0 Å². The third-order valence-corrected chi connectivity index (χ3v) is 2.91. The first-order chi connectivity index (χ1) is 6.76. The number of hydrogen-bond donors (Lipinski definition) is 1. The average molecular weight is 192 g/mol. The molecule has 0 aromatic heterocycles. The van der Waals surface area contributed by atoms with Crippen molar-refractivity contribution in [2.75, 3.05) is 0 Å². The van der Waals surface area contributed by atoms with Crippen molar-refractivity contribution < 1.29 is 5.11 Å². The third-order valence-electron chi connectivity index (χ3n) is 2.91. The number of hydrogen-bond acceptors (Lipinski definition) is 1. The Balaban J connectivity index is 0.000000461. The van der Waals surface area contributed by atoms with E-state index in [4.69, 9.17) is 0 Å². The van der Waals surface area contributed by atoms with Crippen LogP contribution in [0.15, 0.2) is 24.3 Å². The summed E-state index contributed by atoms with van der Waals surface area (Å²) >= 11 is 0. The van der Waals surface area contributed by atoms with Crippen LogP contribution in [0.4, 0.5) is 0 Å².